The Morgan fingerprint density at radius 2 is 1.76 bits per heavy atom. The number of benzene rings is 2. The molecule has 0 fully saturated rings. The van der Waals surface area contributed by atoms with Crippen LogP contribution in [-0.2, 0) is 0 Å². The highest BCUT2D eigenvalue weighted by atomic mass is 16.3. The first-order chi connectivity index (χ1) is 10.2. The van der Waals surface area contributed by atoms with Crippen molar-refractivity contribution in [1.29, 1.82) is 0 Å². The summed E-state index contributed by atoms with van der Waals surface area (Å²) >= 11 is 0. The zero-order valence-electron chi connectivity index (χ0n) is 11.3. The average Bonchev–Trinajstić information content (AvgIpc) is 2.87. The van der Waals surface area contributed by atoms with Gasteiger partial charge in [-0.1, -0.05) is 30.4 Å². The van der Waals surface area contributed by atoms with Crippen LogP contribution in [0.5, 0.6) is 5.75 Å². The highest BCUT2D eigenvalue weighted by molar-refractivity contribution is 5.78. The second-order valence-electron chi connectivity index (χ2n) is 4.71. The highest BCUT2D eigenvalue weighted by Crippen LogP contribution is 2.18. The molecule has 0 bridgehead atoms. The quantitative estimate of drug-likeness (QED) is 0.506. The highest BCUT2D eigenvalue weighted by Gasteiger charge is 2.00. The Hall–Kier alpha value is -3.01. The first-order valence-electron chi connectivity index (χ1n) is 6.60. The molecule has 0 aliphatic carbocycles. The summed E-state index contributed by atoms with van der Waals surface area (Å²) < 4.78 is 0. The molecule has 0 atom stereocenters. The van der Waals surface area contributed by atoms with E-state index < -0.39 is 0 Å². The number of nitrogens with two attached hydrogens (primary N) is 1. The van der Waals surface area contributed by atoms with Crippen molar-refractivity contribution in [3.8, 4) is 5.75 Å². The van der Waals surface area contributed by atoms with E-state index in [4.69, 9.17) is 5.73 Å². The van der Waals surface area contributed by atoms with Crippen LogP contribution < -0.4 is 5.73 Å². The van der Waals surface area contributed by atoms with Gasteiger partial charge in [0.2, 0.25) is 0 Å². The van der Waals surface area contributed by atoms with Gasteiger partial charge in [0.15, 0.2) is 0 Å². The van der Waals surface area contributed by atoms with Gasteiger partial charge in [-0.15, -0.1) is 0 Å². The lowest BCUT2D eigenvalue weighted by atomic mass is 10.2. The van der Waals surface area contributed by atoms with Crippen LogP contribution in [0.1, 0.15) is 11.4 Å². The first-order valence-corrected chi connectivity index (χ1v) is 6.60. The molecule has 0 saturated carbocycles. The van der Waals surface area contributed by atoms with Gasteiger partial charge < -0.3 is 15.8 Å². The summed E-state index contributed by atoms with van der Waals surface area (Å²) in [7, 11) is 0. The van der Waals surface area contributed by atoms with Crippen LogP contribution in [0.25, 0.3) is 23.2 Å². The number of nitrogens with zero attached hydrogens (tertiary/aromatic N) is 1. The van der Waals surface area contributed by atoms with Crippen LogP contribution in [-0.4, -0.2) is 15.1 Å². The van der Waals surface area contributed by atoms with Crippen molar-refractivity contribution in [2.45, 2.75) is 0 Å². The Morgan fingerprint density at radius 1 is 1.00 bits per heavy atom. The molecule has 3 rings (SSSR count). The lowest BCUT2D eigenvalue weighted by molar-refractivity contribution is 0.476. The second-order valence-corrected chi connectivity index (χ2v) is 4.71. The molecular weight excluding hydrogens is 262 g/mol. The number of rotatable bonds is 3. The van der Waals surface area contributed by atoms with E-state index in [2.05, 4.69) is 9.97 Å². The van der Waals surface area contributed by atoms with Gasteiger partial charge in [0, 0.05) is 11.8 Å². The van der Waals surface area contributed by atoms with Crippen molar-refractivity contribution in [2.24, 2.45) is 0 Å². The number of fused-ring (bicyclic) bond motifs is 1. The van der Waals surface area contributed by atoms with Gasteiger partial charge in [0.1, 0.15) is 11.6 Å². The predicted molar refractivity (Wildman–Crippen MR) is 86.7 cm³/mol. The summed E-state index contributed by atoms with van der Waals surface area (Å²) in [4.78, 5) is 7.54. The SMILES string of the molecule is Nc1ccc(/C=C/C=C/c2nc3ccc(O)cc3[nH]2)cc1. The Bertz CT molecular complexity index is 814. The Kier molecular flexibility index (Phi) is 3.43. The number of anilines is 1. The number of hydrogen-bond donors (Lipinski definition) is 3. The smallest absolute Gasteiger partial charge is 0.131 e. The zero-order valence-corrected chi connectivity index (χ0v) is 11.3. The summed E-state index contributed by atoms with van der Waals surface area (Å²) in [6, 6.07) is 12.7. The van der Waals surface area contributed by atoms with Crippen molar-refractivity contribution >= 4 is 28.9 Å². The Morgan fingerprint density at radius 3 is 2.57 bits per heavy atom. The number of nitrogens with one attached hydrogen (secondary N) is 1. The summed E-state index contributed by atoms with van der Waals surface area (Å²) in [6.07, 6.45) is 7.72. The molecule has 0 aliphatic rings. The van der Waals surface area contributed by atoms with E-state index in [1.807, 2.05) is 48.6 Å². The van der Waals surface area contributed by atoms with Crippen LogP contribution >= 0.6 is 0 Å². The molecule has 0 radical (unpaired) electrons. The number of allylic oxidation sites excluding steroid dienone is 2. The number of phenols is 1. The molecule has 0 amide bonds. The molecule has 2 aromatic carbocycles. The fraction of sp³-hybridized carbons (Fsp3) is 0. The number of aromatic nitrogens is 2. The number of hydrogen-bond acceptors (Lipinski definition) is 3. The van der Waals surface area contributed by atoms with Crippen LogP contribution in [0.15, 0.2) is 54.6 Å². The second kappa shape index (κ2) is 5.54. The normalized spacial score (nSPS) is 11.8. The fourth-order valence-electron chi connectivity index (χ4n) is 2.02. The van der Waals surface area contributed by atoms with Gasteiger partial charge >= 0.3 is 0 Å². The van der Waals surface area contributed by atoms with Crippen molar-refractivity contribution in [2.75, 3.05) is 5.73 Å². The first kappa shape index (κ1) is 13.0. The molecule has 4 N–H and O–H groups in total. The van der Waals surface area contributed by atoms with E-state index >= 15 is 0 Å². The van der Waals surface area contributed by atoms with Gasteiger partial charge in [0.25, 0.3) is 0 Å². The number of imidazole rings is 1. The van der Waals surface area contributed by atoms with Gasteiger partial charge in [-0.3, -0.25) is 0 Å². The number of nitrogen functional groups attached to an aromatic ring is 1. The predicted octanol–water partition coefficient (Wildman–Crippen LogP) is 3.58. The molecular formula is C17H15N3O. The fourth-order valence-corrected chi connectivity index (χ4v) is 2.02. The summed E-state index contributed by atoms with van der Waals surface area (Å²) in [6.45, 7) is 0. The number of phenolic OH excluding ortho intramolecular Hbond substituents is 1. The van der Waals surface area contributed by atoms with E-state index in [-0.39, 0.29) is 5.75 Å². The minimum atomic E-state index is 0.227. The van der Waals surface area contributed by atoms with Crippen molar-refractivity contribution in [1.82, 2.24) is 9.97 Å². The van der Waals surface area contributed by atoms with Crippen molar-refractivity contribution in [3.05, 3.63) is 66.0 Å². The summed E-state index contributed by atoms with van der Waals surface area (Å²) in [5.74, 6) is 0.975. The average molecular weight is 277 g/mol. The zero-order chi connectivity index (χ0) is 14.7. The standard InChI is InChI=1S/C17H15N3O/c18-13-7-5-12(6-8-13)3-1-2-4-17-19-15-10-9-14(21)11-16(15)20-17/h1-11,21H,18H2,(H,19,20)/b3-1+,4-2+. The van der Waals surface area contributed by atoms with Gasteiger partial charge in [-0.25, -0.2) is 4.98 Å². The molecule has 21 heavy (non-hydrogen) atoms. The maximum atomic E-state index is 9.41. The topological polar surface area (TPSA) is 74.9 Å². The van der Waals surface area contributed by atoms with Crippen LogP contribution in [0.4, 0.5) is 5.69 Å². The van der Waals surface area contributed by atoms with Crippen molar-refractivity contribution < 1.29 is 5.11 Å². The van der Waals surface area contributed by atoms with E-state index in [1.165, 1.54) is 0 Å². The molecule has 0 aliphatic heterocycles. The molecule has 0 unspecified atom stereocenters. The monoisotopic (exact) mass is 277 g/mol. The van der Waals surface area contributed by atoms with Crippen LogP contribution in [0, 0.1) is 0 Å². The van der Waals surface area contributed by atoms with Gasteiger partial charge in [-0.2, -0.15) is 0 Å². The van der Waals surface area contributed by atoms with Gasteiger partial charge in [-0.05, 0) is 35.9 Å². The number of H-pyrrole nitrogens is 1. The van der Waals surface area contributed by atoms with Crippen LogP contribution in [0.3, 0.4) is 0 Å². The number of aromatic hydroxyl groups is 1. The van der Waals surface area contributed by atoms with E-state index in [0.717, 1.165) is 28.1 Å². The van der Waals surface area contributed by atoms with Gasteiger partial charge in [0.05, 0.1) is 11.0 Å². The molecule has 0 spiro atoms. The van der Waals surface area contributed by atoms with E-state index in [9.17, 15) is 5.11 Å². The molecule has 4 heteroatoms. The molecule has 4 nitrogen and oxygen atoms in total. The van der Waals surface area contributed by atoms with E-state index in [1.54, 1.807) is 18.2 Å². The third-order valence-electron chi connectivity index (χ3n) is 3.07. The maximum Gasteiger partial charge on any atom is 0.131 e. The number of aromatic amines is 1. The Balaban J connectivity index is 1.73. The molecule has 0 saturated heterocycles. The lowest BCUT2D eigenvalue weighted by Crippen LogP contribution is -1.82. The maximum absolute atomic E-state index is 9.41. The lowest BCUT2D eigenvalue weighted by Gasteiger charge is -1.93. The van der Waals surface area contributed by atoms with Crippen molar-refractivity contribution in [3.63, 3.8) is 0 Å². The summed E-state index contributed by atoms with van der Waals surface area (Å²) in [5, 5.41) is 9.41. The van der Waals surface area contributed by atoms with E-state index in [0.29, 0.717) is 0 Å². The molecule has 1 heterocycles. The third-order valence-corrected chi connectivity index (χ3v) is 3.07. The molecule has 104 valence electrons. The third kappa shape index (κ3) is 3.12. The Labute approximate surface area is 122 Å². The largest absolute Gasteiger partial charge is 0.508 e. The minimum Gasteiger partial charge on any atom is -0.508 e. The van der Waals surface area contributed by atoms with Crippen LogP contribution in [0.2, 0.25) is 0 Å². The minimum absolute atomic E-state index is 0.227. The summed E-state index contributed by atoms with van der Waals surface area (Å²) in [5.41, 5.74) is 9.13. The molecule has 1 aromatic heterocycles. The molecule has 3 aromatic rings.